The SMILES string of the molecule is CO[C@@H]1[C@@H](n2cc(-c3ccc(C)c(F)c3F)nn2)[C@@H](O)[C@@H](CO)O[C@@H]1Cc1cc(C(C)(COC(N)=O)CC(C)(C)C)no1. The lowest BCUT2D eigenvalue weighted by molar-refractivity contribution is -0.212. The first-order chi connectivity index (χ1) is 20.2. The Bertz CT molecular complexity index is 1420. The summed E-state index contributed by atoms with van der Waals surface area (Å²) in [5, 5.41) is 33.5. The Balaban J connectivity index is 1.62. The minimum absolute atomic E-state index is 0.00678. The van der Waals surface area contributed by atoms with Gasteiger partial charge >= 0.3 is 6.09 Å². The Kier molecular flexibility index (Phi) is 9.54. The highest BCUT2D eigenvalue weighted by molar-refractivity contribution is 5.64. The molecule has 1 amide bonds. The quantitative estimate of drug-likeness (QED) is 0.311. The van der Waals surface area contributed by atoms with Crippen molar-refractivity contribution in [3.05, 3.63) is 53.0 Å². The van der Waals surface area contributed by atoms with Crippen LogP contribution in [-0.4, -0.2) is 81.2 Å². The Morgan fingerprint density at radius 1 is 1.19 bits per heavy atom. The number of carbonyl (C=O) groups is 1. The highest BCUT2D eigenvalue weighted by Crippen LogP contribution is 2.38. The maximum atomic E-state index is 14.7. The lowest BCUT2D eigenvalue weighted by Gasteiger charge is -2.43. The summed E-state index contributed by atoms with van der Waals surface area (Å²) < 4.78 is 52.8. The normalized spacial score (nSPS) is 24.1. The molecule has 2 aromatic heterocycles. The number of ether oxygens (including phenoxy) is 3. The molecule has 0 radical (unpaired) electrons. The summed E-state index contributed by atoms with van der Waals surface area (Å²) in [6.45, 7) is 8.98. The molecular formula is C29H39F2N5O7. The van der Waals surface area contributed by atoms with E-state index in [4.69, 9.17) is 24.5 Å². The van der Waals surface area contributed by atoms with Crippen molar-refractivity contribution in [2.75, 3.05) is 20.3 Å². The first kappa shape index (κ1) is 32.5. The molecule has 4 rings (SSSR count). The number of hydrogen-bond donors (Lipinski definition) is 3. The molecule has 6 atom stereocenters. The van der Waals surface area contributed by atoms with Crippen LogP contribution in [0.3, 0.4) is 0 Å². The van der Waals surface area contributed by atoms with Crippen molar-refractivity contribution in [3.8, 4) is 11.3 Å². The zero-order chi connectivity index (χ0) is 31.7. The summed E-state index contributed by atoms with van der Waals surface area (Å²) in [6, 6.07) is 3.66. The van der Waals surface area contributed by atoms with Crippen molar-refractivity contribution in [2.45, 2.75) is 83.3 Å². The second kappa shape index (κ2) is 12.6. The van der Waals surface area contributed by atoms with Gasteiger partial charge in [-0.15, -0.1) is 5.10 Å². The van der Waals surface area contributed by atoms with E-state index < -0.39 is 60.2 Å². The van der Waals surface area contributed by atoms with Crippen LogP contribution in [-0.2, 0) is 26.0 Å². The number of aliphatic hydroxyl groups excluding tert-OH is 2. The van der Waals surface area contributed by atoms with Crippen molar-refractivity contribution >= 4 is 6.09 Å². The third-order valence-electron chi connectivity index (χ3n) is 7.64. The van der Waals surface area contributed by atoms with Gasteiger partial charge in [0, 0.05) is 30.6 Å². The lowest BCUT2D eigenvalue weighted by Crippen LogP contribution is -2.57. The number of amides is 1. The zero-order valence-electron chi connectivity index (χ0n) is 25.1. The van der Waals surface area contributed by atoms with E-state index in [2.05, 4.69) is 36.2 Å². The predicted octanol–water partition coefficient (Wildman–Crippen LogP) is 3.23. The number of primary amides is 1. The standard InChI is InChI=1S/C29H39F2N5O7/c1-15-7-8-17(23(31)22(15)30)18-11-36(35-33-18)24-25(38)20(12-37)42-19(26(24)40-6)9-16-10-21(34-43-16)29(5,13-28(2,3)4)14-41-27(32)39/h7-8,10-11,19-20,24-26,37-38H,9,12-14H2,1-6H3,(H2,32,39)/t19-,20-,24+,25+,26+,29?/m1/s1. The van der Waals surface area contributed by atoms with Crippen molar-refractivity contribution < 1.29 is 42.5 Å². The smallest absolute Gasteiger partial charge is 0.404 e. The summed E-state index contributed by atoms with van der Waals surface area (Å²) >= 11 is 0. The Morgan fingerprint density at radius 3 is 2.53 bits per heavy atom. The highest BCUT2D eigenvalue weighted by Gasteiger charge is 2.47. The average Bonchev–Trinajstić information content (AvgIpc) is 3.61. The number of aryl methyl sites for hydroxylation is 1. The molecular weight excluding hydrogens is 568 g/mol. The van der Waals surface area contributed by atoms with Crippen LogP contribution in [0.5, 0.6) is 0 Å². The predicted molar refractivity (Wildman–Crippen MR) is 149 cm³/mol. The van der Waals surface area contributed by atoms with E-state index >= 15 is 0 Å². The topological polar surface area (TPSA) is 168 Å². The van der Waals surface area contributed by atoms with Crippen molar-refractivity contribution in [2.24, 2.45) is 11.1 Å². The van der Waals surface area contributed by atoms with E-state index in [-0.39, 0.29) is 35.3 Å². The first-order valence-corrected chi connectivity index (χ1v) is 13.9. The van der Waals surface area contributed by atoms with Crippen LogP contribution in [0.15, 0.2) is 28.9 Å². The molecule has 43 heavy (non-hydrogen) atoms. The van der Waals surface area contributed by atoms with E-state index in [9.17, 15) is 23.8 Å². The molecule has 236 valence electrons. The number of aliphatic hydroxyl groups is 2. The number of benzene rings is 1. The van der Waals surface area contributed by atoms with Crippen LogP contribution >= 0.6 is 0 Å². The molecule has 4 N–H and O–H groups in total. The zero-order valence-corrected chi connectivity index (χ0v) is 25.1. The molecule has 3 heterocycles. The molecule has 1 saturated heterocycles. The fourth-order valence-electron chi connectivity index (χ4n) is 5.83. The molecule has 0 bridgehead atoms. The molecule has 1 unspecified atom stereocenters. The van der Waals surface area contributed by atoms with Crippen molar-refractivity contribution in [3.63, 3.8) is 0 Å². The van der Waals surface area contributed by atoms with Crippen LogP contribution < -0.4 is 5.73 Å². The molecule has 1 aliphatic rings. The number of methoxy groups -OCH3 is 1. The average molecular weight is 608 g/mol. The second-order valence-electron chi connectivity index (χ2n) is 12.5. The fraction of sp³-hybridized carbons (Fsp3) is 0.586. The van der Waals surface area contributed by atoms with Gasteiger partial charge in [-0.05, 0) is 30.4 Å². The molecule has 0 spiro atoms. The number of hydrogen-bond acceptors (Lipinski definition) is 10. The third kappa shape index (κ3) is 7.03. The summed E-state index contributed by atoms with van der Waals surface area (Å²) in [4.78, 5) is 11.4. The van der Waals surface area contributed by atoms with Gasteiger partial charge in [-0.1, -0.05) is 44.1 Å². The second-order valence-corrected chi connectivity index (χ2v) is 12.5. The number of aromatic nitrogens is 4. The van der Waals surface area contributed by atoms with Gasteiger partial charge in [0.2, 0.25) is 0 Å². The molecule has 12 nitrogen and oxygen atoms in total. The summed E-state index contributed by atoms with van der Waals surface area (Å²) in [6.07, 6.45) is -2.69. The Hall–Kier alpha value is -3.46. The fourth-order valence-corrected chi connectivity index (χ4v) is 5.83. The number of halogens is 2. The van der Waals surface area contributed by atoms with E-state index in [0.717, 1.165) is 0 Å². The molecule has 14 heteroatoms. The highest BCUT2D eigenvalue weighted by atomic mass is 19.2. The molecule has 0 aliphatic carbocycles. The van der Waals surface area contributed by atoms with Gasteiger partial charge in [0.05, 0.1) is 24.6 Å². The molecule has 0 saturated carbocycles. The first-order valence-electron chi connectivity index (χ1n) is 13.9. The van der Waals surface area contributed by atoms with Crippen LogP contribution in [0.4, 0.5) is 13.6 Å². The van der Waals surface area contributed by atoms with E-state index in [1.807, 2.05) is 6.92 Å². The van der Waals surface area contributed by atoms with Crippen molar-refractivity contribution in [1.82, 2.24) is 20.2 Å². The van der Waals surface area contributed by atoms with Crippen LogP contribution in [0.1, 0.15) is 57.2 Å². The summed E-state index contributed by atoms with van der Waals surface area (Å²) in [5.74, 6) is -1.63. The summed E-state index contributed by atoms with van der Waals surface area (Å²) in [7, 11) is 1.43. The van der Waals surface area contributed by atoms with Gasteiger partial charge < -0.3 is 34.7 Å². The third-order valence-corrected chi connectivity index (χ3v) is 7.64. The van der Waals surface area contributed by atoms with Crippen LogP contribution in [0.25, 0.3) is 11.3 Å². The van der Waals surface area contributed by atoms with Gasteiger partial charge in [-0.3, -0.25) is 0 Å². The van der Waals surface area contributed by atoms with Gasteiger partial charge in [-0.25, -0.2) is 18.3 Å². The number of rotatable bonds is 10. The molecule has 3 aromatic rings. The maximum absolute atomic E-state index is 14.7. The van der Waals surface area contributed by atoms with Crippen LogP contribution in [0.2, 0.25) is 0 Å². The Labute approximate surface area is 248 Å². The largest absolute Gasteiger partial charge is 0.449 e. The van der Waals surface area contributed by atoms with Gasteiger partial charge in [0.15, 0.2) is 11.6 Å². The Morgan fingerprint density at radius 2 is 1.91 bits per heavy atom. The van der Waals surface area contributed by atoms with Gasteiger partial charge in [0.1, 0.15) is 42.4 Å². The minimum atomic E-state index is -1.29. The van der Waals surface area contributed by atoms with Crippen molar-refractivity contribution in [1.29, 1.82) is 0 Å². The van der Waals surface area contributed by atoms with Gasteiger partial charge in [-0.2, -0.15) is 0 Å². The number of carbonyl (C=O) groups excluding carboxylic acids is 1. The molecule has 1 aliphatic heterocycles. The number of nitrogens with zero attached hydrogens (tertiary/aromatic N) is 4. The molecule has 1 fully saturated rings. The minimum Gasteiger partial charge on any atom is -0.449 e. The van der Waals surface area contributed by atoms with E-state index in [1.54, 1.807) is 6.07 Å². The molecule has 1 aromatic carbocycles. The van der Waals surface area contributed by atoms with Gasteiger partial charge in [0.25, 0.3) is 0 Å². The summed E-state index contributed by atoms with van der Waals surface area (Å²) in [5.41, 5.74) is 5.03. The number of nitrogens with two attached hydrogens (primary N) is 1. The maximum Gasteiger partial charge on any atom is 0.404 e. The monoisotopic (exact) mass is 607 g/mol. The van der Waals surface area contributed by atoms with E-state index in [1.165, 1.54) is 37.0 Å². The van der Waals surface area contributed by atoms with E-state index in [0.29, 0.717) is 17.9 Å². The van der Waals surface area contributed by atoms with Crippen LogP contribution in [0, 0.1) is 24.0 Å². The lowest BCUT2D eigenvalue weighted by atomic mass is 9.73.